The number of aromatic nitrogens is 3. The van der Waals surface area contributed by atoms with Crippen molar-refractivity contribution < 1.29 is 22.7 Å². The number of thioether (sulfide) groups is 1. The molecule has 0 spiro atoms. The highest BCUT2D eigenvalue weighted by molar-refractivity contribution is 7.99. The molecule has 1 fully saturated rings. The molecule has 0 saturated carbocycles. The number of hydrogen-bond donors (Lipinski definition) is 0. The Morgan fingerprint density at radius 2 is 1.86 bits per heavy atom. The van der Waals surface area contributed by atoms with Gasteiger partial charge in [0, 0.05) is 18.3 Å². The summed E-state index contributed by atoms with van der Waals surface area (Å²) in [4.78, 5) is 14.7. The first kappa shape index (κ1) is 23.7. The molecule has 1 amide bonds. The number of hydrogen-bond acceptors (Lipinski definition) is 8. The maximum Gasteiger partial charge on any atom is 0.233 e. The Morgan fingerprint density at radius 1 is 1.11 bits per heavy atom. The molecule has 11 heteroatoms. The van der Waals surface area contributed by atoms with Crippen molar-refractivity contribution >= 4 is 27.5 Å². The zero-order valence-electron chi connectivity index (χ0n) is 19.2. The molecule has 0 aliphatic carbocycles. The summed E-state index contributed by atoms with van der Waals surface area (Å²) in [6.07, 6.45) is 0.00993. The lowest BCUT2D eigenvalue weighted by molar-refractivity contribution is -0.129. The van der Waals surface area contributed by atoms with E-state index < -0.39 is 15.9 Å². The van der Waals surface area contributed by atoms with E-state index in [-0.39, 0.29) is 35.8 Å². The molecule has 2 aliphatic heterocycles. The number of ether oxygens (including phenoxy) is 2. The van der Waals surface area contributed by atoms with E-state index in [0.717, 1.165) is 5.69 Å². The van der Waals surface area contributed by atoms with Crippen LogP contribution < -0.4 is 9.47 Å². The van der Waals surface area contributed by atoms with Crippen molar-refractivity contribution in [2.75, 3.05) is 30.4 Å². The van der Waals surface area contributed by atoms with Crippen LogP contribution in [0.15, 0.2) is 59.8 Å². The summed E-state index contributed by atoms with van der Waals surface area (Å²) in [5, 5.41) is 9.34. The van der Waals surface area contributed by atoms with Crippen LogP contribution in [0.5, 0.6) is 11.5 Å². The topological polar surface area (TPSA) is 104 Å². The molecular formula is C24H26N4O5S2. The average molecular weight is 515 g/mol. The summed E-state index contributed by atoms with van der Waals surface area (Å²) in [7, 11) is -3.08. The summed E-state index contributed by atoms with van der Waals surface area (Å²) < 4.78 is 37.8. The van der Waals surface area contributed by atoms with Crippen LogP contribution in [0.3, 0.4) is 0 Å². The largest absolute Gasteiger partial charge is 0.485 e. The normalized spacial score (nSPS) is 20.5. The maximum absolute atomic E-state index is 13.0. The summed E-state index contributed by atoms with van der Waals surface area (Å²) in [6, 6.07) is 16.9. The third-order valence-electron chi connectivity index (χ3n) is 6.10. The second-order valence-corrected chi connectivity index (χ2v) is 11.6. The highest BCUT2D eigenvalue weighted by atomic mass is 32.2. The van der Waals surface area contributed by atoms with Crippen molar-refractivity contribution in [3.8, 4) is 17.2 Å². The molecule has 1 aromatic heterocycles. The van der Waals surface area contributed by atoms with Crippen molar-refractivity contribution in [1.82, 2.24) is 19.7 Å². The third-order valence-corrected chi connectivity index (χ3v) is 8.77. The molecule has 0 N–H and O–H groups in total. The molecular weight excluding hydrogens is 488 g/mol. The second-order valence-electron chi connectivity index (χ2n) is 8.40. The highest BCUT2D eigenvalue weighted by Crippen LogP contribution is 2.37. The van der Waals surface area contributed by atoms with Crippen molar-refractivity contribution in [3.05, 3.63) is 60.4 Å². The minimum Gasteiger partial charge on any atom is -0.485 e. The van der Waals surface area contributed by atoms with Gasteiger partial charge in [-0.1, -0.05) is 42.1 Å². The fourth-order valence-electron chi connectivity index (χ4n) is 4.42. The predicted molar refractivity (Wildman–Crippen MR) is 132 cm³/mol. The van der Waals surface area contributed by atoms with Gasteiger partial charge in [-0.25, -0.2) is 8.42 Å². The number of benzene rings is 2. The number of rotatable bonds is 7. The van der Waals surface area contributed by atoms with Crippen molar-refractivity contribution in [1.29, 1.82) is 0 Å². The maximum atomic E-state index is 13.0. The van der Waals surface area contributed by atoms with Gasteiger partial charge >= 0.3 is 0 Å². The Kier molecular flexibility index (Phi) is 6.70. The van der Waals surface area contributed by atoms with E-state index in [1.54, 1.807) is 4.90 Å². The van der Waals surface area contributed by atoms with Crippen LogP contribution in [0.25, 0.3) is 5.69 Å². The zero-order valence-corrected chi connectivity index (χ0v) is 20.9. The van der Waals surface area contributed by atoms with E-state index >= 15 is 0 Å². The van der Waals surface area contributed by atoms with E-state index in [9.17, 15) is 13.2 Å². The van der Waals surface area contributed by atoms with Gasteiger partial charge in [-0.05, 0) is 37.6 Å². The molecule has 2 aliphatic rings. The average Bonchev–Trinajstić information content (AvgIpc) is 3.46. The molecule has 2 unspecified atom stereocenters. The first-order chi connectivity index (χ1) is 16.9. The van der Waals surface area contributed by atoms with Crippen LogP contribution in [0, 0.1) is 0 Å². The smallest absolute Gasteiger partial charge is 0.233 e. The number of fused-ring (bicyclic) bond motifs is 1. The molecule has 184 valence electrons. The second kappa shape index (κ2) is 9.90. The Hall–Kier alpha value is -3.05. The van der Waals surface area contributed by atoms with E-state index in [1.165, 1.54) is 11.8 Å². The van der Waals surface area contributed by atoms with Crippen LogP contribution in [0.1, 0.15) is 25.3 Å². The molecule has 35 heavy (non-hydrogen) atoms. The fraction of sp³-hybridized carbons (Fsp3) is 0.375. The SMILES string of the molecule is CCN(C(=O)CSc1nnc(C2COc3ccccc3O2)n1-c1ccccc1)C1CCS(=O)(=O)C1. The van der Waals surface area contributed by atoms with Gasteiger partial charge in [0.15, 0.2) is 38.4 Å². The summed E-state index contributed by atoms with van der Waals surface area (Å²) in [5.41, 5.74) is 0.846. The number of carbonyl (C=O) groups excluding carboxylic acids is 1. The lowest BCUT2D eigenvalue weighted by Crippen LogP contribution is -2.42. The predicted octanol–water partition coefficient (Wildman–Crippen LogP) is 2.91. The van der Waals surface area contributed by atoms with Crippen molar-refractivity contribution in [3.63, 3.8) is 0 Å². The van der Waals surface area contributed by atoms with Crippen molar-refractivity contribution in [2.45, 2.75) is 30.6 Å². The van der Waals surface area contributed by atoms with Gasteiger partial charge in [0.25, 0.3) is 0 Å². The van der Waals surface area contributed by atoms with Crippen LogP contribution in [-0.4, -0.2) is 70.4 Å². The van der Waals surface area contributed by atoms with E-state index in [4.69, 9.17) is 9.47 Å². The van der Waals surface area contributed by atoms with Crippen LogP contribution in [0.2, 0.25) is 0 Å². The Balaban J connectivity index is 1.38. The molecule has 2 atom stereocenters. The summed E-state index contributed by atoms with van der Waals surface area (Å²) in [6.45, 7) is 2.62. The van der Waals surface area contributed by atoms with E-state index in [2.05, 4.69) is 10.2 Å². The van der Waals surface area contributed by atoms with Gasteiger partial charge in [-0.3, -0.25) is 9.36 Å². The van der Waals surface area contributed by atoms with Gasteiger partial charge in [0.1, 0.15) is 6.61 Å². The third kappa shape index (κ3) is 5.01. The summed E-state index contributed by atoms with van der Waals surface area (Å²) >= 11 is 1.28. The first-order valence-corrected chi connectivity index (χ1v) is 14.3. The quantitative estimate of drug-likeness (QED) is 0.444. The number of nitrogens with zero attached hydrogens (tertiary/aromatic N) is 4. The molecule has 3 aromatic rings. The molecule has 9 nitrogen and oxygen atoms in total. The fourth-order valence-corrected chi connectivity index (χ4v) is 6.99. The van der Waals surface area contributed by atoms with E-state index in [0.29, 0.717) is 35.4 Å². The van der Waals surface area contributed by atoms with Crippen LogP contribution in [-0.2, 0) is 14.6 Å². The minimum absolute atomic E-state index is 0.0298. The van der Waals surface area contributed by atoms with Crippen molar-refractivity contribution in [2.24, 2.45) is 0 Å². The number of sulfone groups is 1. The Bertz CT molecular complexity index is 1310. The first-order valence-electron chi connectivity index (χ1n) is 11.5. The molecule has 5 rings (SSSR count). The number of carbonyl (C=O) groups is 1. The minimum atomic E-state index is -3.08. The van der Waals surface area contributed by atoms with Gasteiger partial charge in [-0.2, -0.15) is 0 Å². The standard InChI is InChI=1S/C24H26N4O5S2/c1-2-27(18-12-13-35(30,31)16-18)22(29)15-34-24-26-25-23(28(24)17-8-4-3-5-9-17)21-14-32-19-10-6-7-11-20(19)33-21/h3-11,18,21H,2,12-16H2,1H3. The van der Waals surface area contributed by atoms with Gasteiger partial charge in [-0.15, -0.1) is 10.2 Å². The lowest BCUT2D eigenvalue weighted by atomic mass is 10.2. The molecule has 1 saturated heterocycles. The number of amides is 1. The zero-order chi connectivity index (χ0) is 24.4. The van der Waals surface area contributed by atoms with Gasteiger partial charge in [0.05, 0.1) is 17.3 Å². The van der Waals surface area contributed by atoms with Crippen LogP contribution in [0.4, 0.5) is 0 Å². The molecule has 3 heterocycles. The van der Waals surface area contributed by atoms with Gasteiger partial charge in [0.2, 0.25) is 5.91 Å². The Morgan fingerprint density at radius 3 is 2.57 bits per heavy atom. The molecule has 2 aromatic carbocycles. The highest BCUT2D eigenvalue weighted by Gasteiger charge is 2.34. The molecule has 0 bridgehead atoms. The summed E-state index contributed by atoms with van der Waals surface area (Å²) in [5.74, 6) is 2.07. The monoisotopic (exact) mass is 514 g/mol. The van der Waals surface area contributed by atoms with Gasteiger partial charge < -0.3 is 14.4 Å². The molecule has 0 radical (unpaired) electrons. The Labute approximate surface area is 208 Å². The number of para-hydroxylation sites is 3. The van der Waals surface area contributed by atoms with E-state index in [1.807, 2.05) is 66.1 Å². The lowest BCUT2D eigenvalue weighted by Gasteiger charge is -2.27. The van der Waals surface area contributed by atoms with Crippen LogP contribution >= 0.6 is 11.8 Å².